The second-order valence-corrected chi connectivity index (χ2v) is 9.31. The quantitative estimate of drug-likeness (QED) is 0.347. The van der Waals surface area contributed by atoms with Gasteiger partial charge in [-0.05, 0) is 59.8 Å². The van der Waals surface area contributed by atoms with Crippen LogP contribution in [0.1, 0.15) is 11.1 Å². The van der Waals surface area contributed by atoms with Crippen molar-refractivity contribution in [2.45, 2.75) is 6.61 Å². The maximum atomic E-state index is 12.3. The molecule has 1 amide bonds. The first kappa shape index (κ1) is 23.0. The van der Waals surface area contributed by atoms with Crippen LogP contribution in [0.5, 0.6) is 5.75 Å². The van der Waals surface area contributed by atoms with Gasteiger partial charge in [-0.2, -0.15) is 0 Å². The zero-order valence-corrected chi connectivity index (χ0v) is 20.1. The zero-order valence-electron chi connectivity index (χ0n) is 16.2. The van der Waals surface area contributed by atoms with E-state index in [4.69, 9.17) is 51.1 Å². The molecule has 0 spiro atoms. The van der Waals surface area contributed by atoms with Gasteiger partial charge in [0.15, 0.2) is 5.17 Å². The molecule has 9 heteroatoms. The van der Waals surface area contributed by atoms with Gasteiger partial charge in [-0.1, -0.05) is 70.7 Å². The van der Waals surface area contributed by atoms with E-state index in [1.165, 1.54) is 11.8 Å². The number of thioether (sulfide) groups is 1. The van der Waals surface area contributed by atoms with Gasteiger partial charge in [-0.25, -0.2) is 4.99 Å². The fraction of sp³-hybridized carbons (Fsp3) is 0.0435. The lowest BCUT2D eigenvalue weighted by molar-refractivity contribution is -0.115. The van der Waals surface area contributed by atoms with Crippen molar-refractivity contribution in [3.8, 4) is 5.75 Å². The highest BCUT2D eigenvalue weighted by Gasteiger charge is 2.24. The van der Waals surface area contributed by atoms with Gasteiger partial charge >= 0.3 is 0 Å². The third-order valence-electron chi connectivity index (χ3n) is 4.39. The molecule has 1 fully saturated rings. The number of hydrogen-bond acceptors (Lipinski definition) is 4. The van der Waals surface area contributed by atoms with Crippen LogP contribution in [0.2, 0.25) is 20.1 Å². The van der Waals surface area contributed by atoms with Crippen LogP contribution in [0.15, 0.2) is 70.6 Å². The molecule has 32 heavy (non-hydrogen) atoms. The van der Waals surface area contributed by atoms with Gasteiger partial charge in [-0.15, -0.1) is 0 Å². The Bertz CT molecular complexity index is 1240. The van der Waals surface area contributed by atoms with Gasteiger partial charge in [0.2, 0.25) is 0 Å². The number of hydrogen-bond donors (Lipinski definition) is 1. The molecule has 1 N–H and O–H groups in total. The molecule has 0 aliphatic carbocycles. The predicted molar refractivity (Wildman–Crippen MR) is 135 cm³/mol. The first-order valence-electron chi connectivity index (χ1n) is 9.29. The number of amides is 1. The monoisotopic (exact) mass is 522 g/mol. The van der Waals surface area contributed by atoms with Crippen molar-refractivity contribution in [3.63, 3.8) is 0 Å². The fourth-order valence-corrected chi connectivity index (χ4v) is 4.42. The molecule has 1 saturated heterocycles. The predicted octanol–water partition coefficient (Wildman–Crippen LogP) is 7.77. The largest absolute Gasteiger partial charge is 0.489 e. The van der Waals surface area contributed by atoms with E-state index in [1.807, 2.05) is 30.3 Å². The minimum absolute atomic E-state index is 0.232. The van der Waals surface area contributed by atoms with Crippen molar-refractivity contribution in [1.29, 1.82) is 0 Å². The van der Waals surface area contributed by atoms with E-state index >= 15 is 0 Å². The summed E-state index contributed by atoms with van der Waals surface area (Å²) in [5.74, 6) is 0.448. The normalized spacial score (nSPS) is 15.9. The first-order valence-corrected chi connectivity index (χ1v) is 11.6. The van der Waals surface area contributed by atoms with Crippen LogP contribution >= 0.6 is 58.2 Å². The summed E-state index contributed by atoms with van der Waals surface area (Å²) in [6.45, 7) is 0.320. The summed E-state index contributed by atoms with van der Waals surface area (Å²) >= 11 is 25.5. The van der Waals surface area contributed by atoms with E-state index in [0.29, 0.717) is 48.2 Å². The van der Waals surface area contributed by atoms with Crippen molar-refractivity contribution in [3.05, 3.63) is 96.8 Å². The van der Waals surface area contributed by atoms with Crippen LogP contribution < -0.4 is 10.1 Å². The summed E-state index contributed by atoms with van der Waals surface area (Å²) in [6, 6.07) is 17.8. The molecule has 0 bridgehead atoms. The lowest BCUT2D eigenvalue weighted by Crippen LogP contribution is -2.19. The van der Waals surface area contributed by atoms with Gasteiger partial charge in [0.25, 0.3) is 5.91 Å². The van der Waals surface area contributed by atoms with Gasteiger partial charge in [-0.3, -0.25) is 4.79 Å². The smallest absolute Gasteiger partial charge is 0.264 e. The Balaban J connectivity index is 1.43. The summed E-state index contributed by atoms with van der Waals surface area (Å²) in [5, 5.41) is 5.04. The van der Waals surface area contributed by atoms with E-state index in [-0.39, 0.29) is 5.91 Å². The third kappa shape index (κ3) is 5.61. The van der Waals surface area contributed by atoms with Crippen LogP contribution in [-0.4, -0.2) is 11.1 Å². The van der Waals surface area contributed by atoms with Crippen molar-refractivity contribution in [2.75, 3.05) is 0 Å². The van der Waals surface area contributed by atoms with Crippen LogP contribution in [0.25, 0.3) is 6.08 Å². The molecule has 0 atom stereocenters. The number of aliphatic imine (C=N–C) groups is 1. The number of benzene rings is 3. The number of ether oxygens (including phenoxy) is 1. The number of carbonyl (C=O) groups is 1. The van der Waals surface area contributed by atoms with Crippen molar-refractivity contribution in [2.24, 2.45) is 4.99 Å². The van der Waals surface area contributed by atoms with E-state index in [2.05, 4.69) is 10.3 Å². The van der Waals surface area contributed by atoms with Gasteiger partial charge < -0.3 is 10.1 Å². The first-order chi connectivity index (χ1) is 15.4. The maximum Gasteiger partial charge on any atom is 0.264 e. The molecule has 1 aliphatic heterocycles. The number of carbonyl (C=O) groups excluding carboxylic acids is 1. The minimum Gasteiger partial charge on any atom is -0.489 e. The Morgan fingerprint density at radius 2 is 1.75 bits per heavy atom. The van der Waals surface area contributed by atoms with Crippen LogP contribution in [0.3, 0.4) is 0 Å². The molecule has 0 unspecified atom stereocenters. The SMILES string of the molecule is O=C1NC(=Nc2cccc(Cl)c2Cl)S/C1=C\c1ccc(OCc2ccc(Cl)cc2Cl)cc1. The average Bonchev–Trinajstić information content (AvgIpc) is 3.10. The molecule has 0 radical (unpaired) electrons. The van der Waals surface area contributed by atoms with Crippen molar-refractivity contribution < 1.29 is 9.53 Å². The number of amidine groups is 1. The van der Waals surface area contributed by atoms with Gasteiger partial charge in [0, 0.05) is 15.6 Å². The Morgan fingerprint density at radius 1 is 0.969 bits per heavy atom. The maximum absolute atomic E-state index is 12.3. The average molecular weight is 524 g/mol. The lowest BCUT2D eigenvalue weighted by Gasteiger charge is -2.08. The van der Waals surface area contributed by atoms with Gasteiger partial charge in [0.05, 0.1) is 20.6 Å². The summed E-state index contributed by atoms with van der Waals surface area (Å²) < 4.78 is 5.79. The number of rotatable bonds is 5. The van der Waals surface area contributed by atoms with E-state index < -0.39 is 0 Å². The van der Waals surface area contributed by atoms with Gasteiger partial charge in [0.1, 0.15) is 12.4 Å². The second kappa shape index (κ2) is 10.2. The van der Waals surface area contributed by atoms with Crippen LogP contribution in [0, 0.1) is 0 Å². The highest BCUT2D eigenvalue weighted by atomic mass is 35.5. The van der Waals surface area contributed by atoms with Crippen LogP contribution in [-0.2, 0) is 11.4 Å². The molecular weight excluding hydrogens is 510 g/mol. The van der Waals surface area contributed by atoms with Crippen LogP contribution in [0.4, 0.5) is 5.69 Å². The zero-order chi connectivity index (χ0) is 22.7. The molecule has 3 aromatic rings. The highest BCUT2D eigenvalue weighted by molar-refractivity contribution is 8.18. The minimum atomic E-state index is -0.232. The summed E-state index contributed by atoms with van der Waals surface area (Å²) in [4.78, 5) is 17.2. The molecule has 0 aromatic heterocycles. The molecular formula is C23H14Cl4N2O2S. The number of halogens is 4. The van der Waals surface area contributed by atoms with E-state index in [1.54, 1.807) is 36.4 Å². The Morgan fingerprint density at radius 3 is 2.50 bits per heavy atom. The Labute approximate surface area is 209 Å². The number of nitrogens with one attached hydrogen (secondary N) is 1. The summed E-state index contributed by atoms with van der Waals surface area (Å²) in [7, 11) is 0. The van der Waals surface area contributed by atoms with E-state index in [0.717, 1.165) is 11.1 Å². The number of nitrogens with zero attached hydrogens (tertiary/aromatic N) is 1. The lowest BCUT2D eigenvalue weighted by atomic mass is 10.2. The molecule has 4 nitrogen and oxygen atoms in total. The third-order valence-corrected chi connectivity index (χ3v) is 6.70. The second-order valence-electron chi connectivity index (χ2n) is 6.65. The highest BCUT2D eigenvalue weighted by Crippen LogP contribution is 2.34. The fourth-order valence-electron chi connectivity index (χ4n) is 2.78. The molecule has 1 heterocycles. The Kier molecular flexibility index (Phi) is 7.33. The molecule has 4 rings (SSSR count). The molecule has 162 valence electrons. The standard InChI is InChI=1S/C23H14Cl4N2O2S/c24-15-7-6-14(18(26)11-15)12-31-16-8-4-13(5-9-16)10-20-22(30)29-23(32-20)28-19-3-1-2-17(25)21(19)27/h1-11H,12H2,(H,28,29,30)/b20-10-. The Hall–Kier alpha value is -2.15. The topological polar surface area (TPSA) is 50.7 Å². The molecule has 0 saturated carbocycles. The van der Waals surface area contributed by atoms with E-state index in [9.17, 15) is 4.79 Å². The molecule has 1 aliphatic rings. The van der Waals surface area contributed by atoms with Crippen molar-refractivity contribution in [1.82, 2.24) is 5.32 Å². The van der Waals surface area contributed by atoms with Crippen molar-refractivity contribution >= 4 is 81.0 Å². The molecule has 3 aromatic carbocycles. The summed E-state index contributed by atoms with van der Waals surface area (Å²) in [5.41, 5.74) is 2.18. The summed E-state index contributed by atoms with van der Waals surface area (Å²) in [6.07, 6.45) is 1.78.